The molecule has 3 heteroatoms. The molecule has 0 aromatic heterocycles. The third kappa shape index (κ3) is 4.24. The van der Waals surface area contributed by atoms with Crippen molar-refractivity contribution in [3.8, 4) is 0 Å². The molecule has 0 saturated heterocycles. The average molecular weight is 291 g/mol. The summed E-state index contributed by atoms with van der Waals surface area (Å²) in [5.41, 5.74) is 1.37. The Labute approximate surface area is 126 Å². The zero-order valence-electron chi connectivity index (χ0n) is 12.1. The maximum absolute atomic E-state index is 10.2. The van der Waals surface area contributed by atoms with E-state index in [4.69, 9.17) is 0 Å². The fourth-order valence-corrected chi connectivity index (χ4v) is 4.15. The van der Waals surface area contributed by atoms with Gasteiger partial charge in [0.2, 0.25) is 0 Å². The number of hydrogen-bond donors (Lipinski definition) is 2. The minimum Gasteiger partial charge on any atom is -0.392 e. The fraction of sp³-hybridized carbons (Fsp3) is 0.647. The lowest BCUT2D eigenvalue weighted by Gasteiger charge is -2.20. The standard InChI is InChI=1S/C17H25NOS/c19-16-7-2-1-3-8-17(16)20-15-6-4-5-13(11-15)12-18-14-9-10-14/h4-6,11,14,16-19H,1-3,7-10,12H2. The lowest BCUT2D eigenvalue weighted by Crippen LogP contribution is -2.21. The number of rotatable bonds is 5. The van der Waals surface area contributed by atoms with Crippen molar-refractivity contribution >= 4 is 11.8 Å². The molecule has 0 aliphatic heterocycles. The molecular weight excluding hydrogens is 266 g/mol. The Bertz CT molecular complexity index is 433. The molecule has 0 amide bonds. The van der Waals surface area contributed by atoms with Gasteiger partial charge in [0.25, 0.3) is 0 Å². The van der Waals surface area contributed by atoms with E-state index in [0.717, 1.165) is 25.4 Å². The summed E-state index contributed by atoms with van der Waals surface area (Å²) < 4.78 is 0. The van der Waals surface area contributed by atoms with E-state index in [1.807, 2.05) is 11.8 Å². The molecule has 2 nitrogen and oxygen atoms in total. The van der Waals surface area contributed by atoms with Crippen LogP contribution in [0.15, 0.2) is 29.2 Å². The summed E-state index contributed by atoms with van der Waals surface area (Å²) in [6.45, 7) is 0.978. The van der Waals surface area contributed by atoms with E-state index in [-0.39, 0.29) is 6.10 Å². The van der Waals surface area contributed by atoms with Gasteiger partial charge in [-0.15, -0.1) is 11.8 Å². The van der Waals surface area contributed by atoms with Gasteiger partial charge in [-0.05, 0) is 43.4 Å². The predicted octanol–water partition coefficient (Wildman–Crippen LogP) is 3.72. The highest BCUT2D eigenvalue weighted by molar-refractivity contribution is 8.00. The number of aliphatic hydroxyl groups is 1. The highest BCUT2D eigenvalue weighted by Gasteiger charge is 2.23. The maximum Gasteiger partial charge on any atom is 0.0662 e. The summed E-state index contributed by atoms with van der Waals surface area (Å²) in [4.78, 5) is 1.31. The highest BCUT2D eigenvalue weighted by atomic mass is 32.2. The van der Waals surface area contributed by atoms with Gasteiger partial charge in [0.05, 0.1) is 6.10 Å². The molecule has 2 fully saturated rings. The molecule has 0 radical (unpaired) electrons. The molecule has 0 spiro atoms. The van der Waals surface area contributed by atoms with E-state index in [1.165, 1.54) is 42.6 Å². The fourth-order valence-electron chi connectivity index (χ4n) is 2.84. The summed E-state index contributed by atoms with van der Waals surface area (Å²) in [6, 6.07) is 9.58. The average Bonchev–Trinajstić information content (AvgIpc) is 3.28. The van der Waals surface area contributed by atoms with Crippen molar-refractivity contribution in [3.63, 3.8) is 0 Å². The summed E-state index contributed by atoms with van der Waals surface area (Å²) >= 11 is 1.87. The number of thioether (sulfide) groups is 1. The molecule has 2 unspecified atom stereocenters. The first-order valence-electron chi connectivity index (χ1n) is 7.98. The van der Waals surface area contributed by atoms with Crippen molar-refractivity contribution in [1.82, 2.24) is 5.32 Å². The van der Waals surface area contributed by atoms with Crippen LogP contribution in [0.2, 0.25) is 0 Å². The van der Waals surface area contributed by atoms with Crippen LogP contribution in [0.1, 0.15) is 50.5 Å². The quantitative estimate of drug-likeness (QED) is 0.811. The summed E-state index contributed by atoms with van der Waals surface area (Å²) in [6.07, 6.45) is 8.39. The van der Waals surface area contributed by atoms with Crippen LogP contribution in [0.5, 0.6) is 0 Å². The van der Waals surface area contributed by atoms with Gasteiger partial charge in [-0.1, -0.05) is 31.4 Å². The number of nitrogens with one attached hydrogen (secondary N) is 1. The van der Waals surface area contributed by atoms with E-state index in [1.54, 1.807) is 0 Å². The molecule has 2 aliphatic rings. The first-order chi connectivity index (χ1) is 9.81. The van der Waals surface area contributed by atoms with E-state index >= 15 is 0 Å². The molecule has 3 rings (SSSR count). The first kappa shape index (κ1) is 14.4. The maximum atomic E-state index is 10.2. The first-order valence-corrected chi connectivity index (χ1v) is 8.86. The Morgan fingerprint density at radius 2 is 1.95 bits per heavy atom. The Morgan fingerprint density at radius 1 is 1.10 bits per heavy atom. The Morgan fingerprint density at radius 3 is 2.80 bits per heavy atom. The van der Waals surface area contributed by atoms with Crippen molar-refractivity contribution in [2.45, 2.75) is 73.8 Å². The van der Waals surface area contributed by atoms with Crippen LogP contribution in [0.3, 0.4) is 0 Å². The molecule has 2 aliphatic carbocycles. The predicted molar refractivity (Wildman–Crippen MR) is 85.0 cm³/mol. The molecular formula is C17H25NOS. The summed E-state index contributed by atoms with van der Waals surface area (Å²) in [5, 5.41) is 14.2. The molecule has 110 valence electrons. The second-order valence-electron chi connectivity index (χ2n) is 6.16. The van der Waals surface area contributed by atoms with Crippen LogP contribution in [0.25, 0.3) is 0 Å². The Balaban J connectivity index is 1.58. The lowest BCUT2D eigenvalue weighted by atomic mass is 10.1. The molecule has 20 heavy (non-hydrogen) atoms. The zero-order valence-corrected chi connectivity index (χ0v) is 12.9. The topological polar surface area (TPSA) is 32.3 Å². The Hall–Kier alpha value is -0.510. The van der Waals surface area contributed by atoms with Gasteiger partial charge < -0.3 is 10.4 Å². The summed E-state index contributed by atoms with van der Waals surface area (Å²) in [7, 11) is 0. The minimum atomic E-state index is -0.129. The van der Waals surface area contributed by atoms with Gasteiger partial charge in [0.15, 0.2) is 0 Å². The van der Waals surface area contributed by atoms with Crippen molar-refractivity contribution < 1.29 is 5.11 Å². The van der Waals surface area contributed by atoms with Crippen LogP contribution in [-0.4, -0.2) is 22.5 Å². The zero-order chi connectivity index (χ0) is 13.8. The second kappa shape index (κ2) is 6.97. The number of aliphatic hydroxyl groups excluding tert-OH is 1. The van der Waals surface area contributed by atoms with Crippen molar-refractivity contribution in [3.05, 3.63) is 29.8 Å². The van der Waals surface area contributed by atoms with Gasteiger partial charge >= 0.3 is 0 Å². The van der Waals surface area contributed by atoms with Crippen LogP contribution in [-0.2, 0) is 6.54 Å². The van der Waals surface area contributed by atoms with Gasteiger partial charge in [0.1, 0.15) is 0 Å². The summed E-state index contributed by atoms with van der Waals surface area (Å²) in [5.74, 6) is 0. The molecule has 0 heterocycles. The van der Waals surface area contributed by atoms with Crippen molar-refractivity contribution in [1.29, 1.82) is 0 Å². The smallest absolute Gasteiger partial charge is 0.0662 e. The molecule has 2 saturated carbocycles. The normalized spacial score (nSPS) is 27.2. The van der Waals surface area contributed by atoms with E-state index in [9.17, 15) is 5.11 Å². The third-order valence-corrected chi connectivity index (χ3v) is 5.65. The largest absolute Gasteiger partial charge is 0.392 e. The van der Waals surface area contributed by atoms with Gasteiger partial charge in [-0.3, -0.25) is 0 Å². The number of hydrogen-bond acceptors (Lipinski definition) is 3. The van der Waals surface area contributed by atoms with E-state index in [0.29, 0.717) is 5.25 Å². The molecule has 1 aromatic carbocycles. The monoisotopic (exact) mass is 291 g/mol. The molecule has 0 bridgehead atoms. The second-order valence-corrected chi connectivity index (χ2v) is 7.48. The Kier molecular flexibility index (Phi) is 5.03. The molecule has 1 aromatic rings. The van der Waals surface area contributed by atoms with Gasteiger partial charge in [0, 0.05) is 22.7 Å². The number of benzene rings is 1. The van der Waals surface area contributed by atoms with Crippen LogP contribution >= 0.6 is 11.8 Å². The van der Waals surface area contributed by atoms with Crippen molar-refractivity contribution in [2.24, 2.45) is 0 Å². The lowest BCUT2D eigenvalue weighted by molar-refractivity contribution is 0.163. The van der Waals surface area contributed by atoms with Crippen LogP contribution in [0.4, 0.5) is 0 Å². The van der Waals surface area contributed by atoms with E-state index < -0.39 is 0 Å². The van der Waals surface area contributed by atoms with Crippen LogP contribution in [0, 0.1) is 0 Å². The molecule has 2 N–H and O–H groups in total. The third-order valence-electron chi connectivity index (χ3n) is 4.28. The SMILES string of the molecule is OC1CCCCCC1Sc1cccc(CNC2CC2)c1. The van der Waals surface area contributed by atoms with Gasteiger partial charge in [-0.2, -0.15) is 0 Å². The van der Waals surface area contributed by atoms with Crippen LogP contribution < -0.4 is 5.32 Å². The molecule has 2 atom stereocenters. The van der Waals surface area contributed by atoms with Crippen molar-refractivity contribution in [2.75, 3.05) is 0 Å². The minimum absolute atomic E-state index is 0.129. The van der Waals surface area contributed by atoms with E-state index in [2.05, 4.69) is 29.6 Å². The van der Waals surface area contributed by atoms with Gasteiger partial charge in [-0.25, -0.2) is 0 Å². The highest BCUT2D eigenvalue weighted by Crippen LogP contribution is 2.33.